The average molecular weight is 315 g/mol. The van der Waals surface area contributed by atoms with Gasteiger partial charge in [0.2, 0.25) is 5.91 Å². The lowest BCUT2D eigenvalue weighted by atomic mass is 10.0. The van der Waals surface area contributed by atoms with E-state index in [1.54, 1.807) is 12.1 Å². The van der Waals surface area contributed by atoms with Crippen LogP contribution < -0.4 is 5.32 Å². The maximum atomic E-state index is 13.4. The predicted octanol–water partition coefficient (Wildman–Crippen LogP) is 3.16. The Balaban J connectivity index is 0.00000220. The summed E-state index contributed by atoms with van der Waals surface area (Å²) in [5, 5.41) is 3.05. The molecule has 5 heteroatoms. The van der Waals surface area contributed by atoms with Gasteiger partial charge in [0.05, 0.1) is 6.04 Å². The molecule has 1 aromatic carbocycles. The number of amides is 1. The first kappa shape index (κ1) is 17.9. The molecule has 0 aliphatic carbocycles. The molecule has 1 aliphatic rings. The van der Waals surface area contributed by atoms with E-state index in [1.807, 2.05) is 18.0 Å². The quantitative estimate of drug-likeness (QED) is 0.847. The molecular formula is C16H24ClFN2O. The zero-order valence-electron chi connectivity index (χ0n) is 12.6. The van der Waals surface area contributed by atoms with Crippen molar-refractivity contribution < 1.29 is 9.18 Å². The molecular weight excluding hydrogens is 291 g/mol. The predicted molar refractivity (Wildman–Crippen MR) is 85.0 cm³/mol. The molecule has 1 heterocycles. The molecule has 0 radical (unpaired) electrons. The minimum atomic E-state index is -0.232. The molecule has 0 bridgehead atoms. The molecule has 0 saturated carbocycles. The number of halogens is 2. The Morgan fingerprint density at radius 3 is 2.90 bits per heavy atom. The average Bonchev–Trinajstić information content (AvgIpc) is 2.81. The summed E-state index contributed by atoms with van der Waals surface area (Å²) in [6, 6.07) is 6.66. The number of hydrogen-bond acceptors (Lipinski definition) is 2. The van der Waals surface area contributed by atoms with Crippen LogP contribution >= 0.6 is 12.4 Å². The highest BCUT2D eigenvalue weighted by atomic mass is 35.5. The molecule has 1 fully saturated rings. The van der Waals surface area contributed by atoms with Crippen molar-refractivity contribution in [2.75, 3.05) is 20.1 Å². The van der Waals surface area contributed by atoms with Gasteiger partial charge in [0.25, 0.3) is 0 Å². The Kier molecular flexibility index (Phi) is 7.12. The van der Waals surface area contributed by atoms with Gasteiger partial charge in [-0.05, 0) is 50.0 Å². The summed E-state index contributed by atoms with van der Waals surface area (Å²) < 4.78 is 13.4. The fraction of sp³-hybridized carbons (Fsp3) is 0.562. The second-order valence-corrected chi connectivity index (χ2v) is 5.66. The molecule has 1 amide bonds. The van der Waals surface area contributed by atoms with E-state index in [0.29, 0.717) is 12.3 Å². The highest BCUT2D eigenvalue weighted by Crippen LogP contribution is 2.35. The van der Waals surface area contributed by atoms with Gasteiger partial charge in [-0.2, -0.15) is 0 Å². The van der Waals surface area contributed by atoms with Gasteiger partial charge in [-0.15, -0.1) is 12.4 Å². The fourth-order valence-corrected chi connectivity index (χ4v) is 2.91. The normalized spacial score (nSPS) is 21.2. The van der Waals surface area contributed by atoms with Crippen molar-refractivity contribution in [3.63, 3.8) is 0 Å². The number of benzene rings is 1. The van der Waals surface area contributed by atoms with Crippen LogP contribution in [0, 0.1) is 11.7 Å². The van der Waals surface area contributed by atoms with Gasteiger partial charge in [-0.3, -0.25) is 4.79 Å². The van der Waals surface area contributed by atoms with E-state index in [1.165, 1.54) is 6.07 Å². The van der Waals surface area contributed by atoms with Gasteiger partial charge in [0, 0.05) is 13.0 Å². The molecule has 1 N–H and O–H groups in total. The van der Waals surface area contributed by atoms with Crippen molar-refractivity contribution in [2.24, 2.45) is 5.92 Å². The second kappa shape index (κ2) is 8.35. The summed E-state index contributed by atoms with van der Waals surface area (Å²) in [6.07, 6.45) is 2.32. The van der Waals surface area contributed by atoms with E-state index in [9.17, 15) is 9.18 Å². The second-order valence-electron chi connectivity index (χ2n) is 5.66. The Hall–Kier alpha value is -1.13. The minimum absolute atomic E-state index is 0. The first-order chi connectivity index (χ1) is 9.61. The number of nitrogens with zero attached hydrogens (tertiary/aromatic N) is 1. The van der Waals surface area contributed by atoms with Crippen LogP contribution in [0.25, 0.3) is 0 Å². The third-order valence-corrected chi connectivity index (χ3v) is 3.88. The third kappa shape index (κ3) is 4.68. The SMILES string of the molecule is CNCCCC(=O)N1CC(C)CC1c1cccc(F)c1.Cl. The van der Waals surface area contributed by atoms with E-state index in [0.717, 1.165) is 31.5 Å². The van der Waals surface area contributed by atoms with Gasteiger partial charge in [0.15, 0.2) is 0 Å². The van der Waals surface area contributed by atoms with E-state index in [-0.39, 0.29) is 30.2 Å². The van der Waals surface area contributed by atoms with Gasteiger partial charge in [-0.1, -0.05) is 19.1 Å². The monoisotopic (exact) mass is 314 g/mol. The van der Waals surface area contributed by atoms with Crippen molar-refractivity contribution in [3.05, 3.63) is 35.6 Å². The molecule has 2 rings (SSSR count). The highest BCUT2D eigenvalue weighted by Gasteiger charge is 2.33. The molecule has 1 aliphatic heterocycles. The van der Waals surface area contributed by atoms with Gasteiger partial charge < -0.3 is 10.2 Å². The van der Waals surface area contributed by atoms with Crippen LogP contribution in [0.1, 0.15) is 37.8 Å². The number of hydrogen-bond donors (Lipinski definition) is 1. The number of nitrogens with one attached hydrogen (secondary N) is 1. The molecule has 118 valence electrons. The molecule has 21 heavy (non-hydrogen) atoms. The molecule has 1 saturated heterocycles. The Labute approximate surface area is 132 Å². The van der Waals surface area contributed by atoms with Crippen LogP contribution in [0.2, 0.25) is 0 Å². The maximum Gasteiger partial charge on any atom is 0.223 e. The molecule has 3 nitrogen and oxygen atoms in total. The van der Waals surface area contributed by atoms with Crippen LogP contribution in [0.3, 0.4) is 0 Å². The Bertz CT molecular complexity index is 469. The van der Waals surface area contributed by atoms with E-state index in [4.69, 9.17) is 0 Å². The zero-order valence-corrected chi connectivity index (χ0v) is 13.5. The summed E-state index contributed by atoms with van der Waals surface area (Å²) in [5.41, 5.74) is 0.913. The van der Waals surface area contributed by atoms with Crippen LogP contribution in [0.5, 0.6) is 0 Å². The fourth-order valence-electron chi connectivity index (χ4n) is 2.91. The number of carbonyl (C=O) groups excluding carboxylic acids is 1. The van der Waals surface area contributed by atoms with Gasteiger partial charge >= 0.3 is 0 Å². The number of likely N-dealkylation sites (tertiary alicyclic amines) is 1. The summed E-state index contributed by atoms with van der Waals surface area (Å²) in [6.45, 7) is 3.77. The van der Waals surface area contributed by atoms with Crippen LogP contribution in [-0.4, -0.2) is 30.9 Å². The van der Waals surface area contributed by atoms with E-state index >= 15 is 0 Å². The lowest BCUT2D eigenvalue weighted by Crippen LogP contribution is -2.31. The van der Waals surface area contributed by atoms with Crippen molar-refractivity contribution in [1.29, 1.82) is 0 Å². The van der Waals surface area contributed by atoms with Crippen molar-refractivity contribution in [1.82, 2.24) is 10.2 Å². The van der Waals surface area contributed by atoms with Crippen molar-refractivity contribution in [2.45, 2.75) is 32.2 Å². The number of carbonyl (C=O) groups is 1. The standard InChI is InChI=1S/C16H23FN2O.ClH/c1-12-9-15(13-5-3-6-14(17)10-13)19(11-12)16(20)7-4-8-18-2;/h3,5-6,10,12,15,18H,4,7-9,11H2,1-2H3;1H. The summed E-state index contributed by atoms with van der Waals surface area (Å²) in [5.74, 6) is 0.417. The maximum absolute atomic E-state index is 13.4. The Morgan fingerprint density at radius 2 is 2.24 bits per heavy atom. The smallest absolute Gasteiger partial charge is 0.223 e. The third-order valence-electron chi connectivity index (χ3n) is 3.88. The summed E-state index contributed by atoms with van der Waals surface area (Å²) in [7, 11) is 1.89. The molecule has 0 spiro atoms. The highest BCUT2D eigenvalue weighted by molar-refractivity contribution is 5.85. The van der Waals surface area contributed by atoms with Crippen LogP contribution in [0.4, 0.5) is 4.39 Å². The molecule has 1 aromatic rings. The minimum Gasteiger partial charge on any atom is -0.335 e. The summed E-state index contributed by atoms with van der Waals surface area (Å²) >= 11 is 0. The van der Waals surface area contributed by atoms with Gasteiger partial charge in [0.1, 0.15) is 5.82 Å². The lowest BCUT2D eigenvalue weighted by Gasteiger charge is -2.25. The zero-order chi connectivity index (χ0) is 14.5. The van der Waals surface area contributed by atoms with E-state index < -0.39 is 0 Å². The van der Waals surface area contributed by atoms with Crippen LogP contribution in [0.15, 0.2) is 24.3 Å². The molecule has 2 unspecified atom stereocenters. The Morgan fingerprint density at radius 1 is 1.48 bits per heavy atom. The first-order valence-electron chi connectivity index (χ1n) is 7.31. The van der Waals surface area contributed by atoms with Crippen molar-refractivity contribution in [3.8, 4) is 0 Å². The lowest BCUT2D eigenvalue weighted by molar-refractivity contribution is -0.132. The first-order valence-corrected chi connectivity index (χ1v) is 7.31. The van der Waals surface area contributed by atoms with E-state index in [2.05, 4.69) is 12.2 Å². The van der Waals surface area contributed by atoms with Gasteiger partial charge in [-0.25, -0.2) is 4.39 Å². The number of rotatable bonds is 5. The van der Waals surface area contributed by atoms with Crippen molar-refractivity contribution >= 4 is 18.3 Å². The van der Waals surface area contributed by atoms with Crippen LogP contribution in [-0.2, 0) is 4.79 Å². The largest absolute Gasteiger partial charge is 0.335 e. The molecule has 2 atom stereocenters. The topological polar surface area (TPSA) is 32.3 Å². The molecule has 0 aromatic heterocycles. The summed E-state index contributed by atoms with van der Waals surface area (Å²) in [4.78, 5) is 14.3.